The first-order valence-corrected chi connectivity index (χ1v) is 13.6. The number of imide groups is 1. The molecule has 0 radical (unpaired) electrons. The van der Waals surface area contributed by atoms with Gasteiger partial charge in [0.15, 0.2) is 0 Å². The number of nitro groups is 1. The van der Waals surface area contributed by atoms with Gasteiger partial charge in [-0.2, -0.15) is 0 Å². The van der Waals surface area contributed by atoms with Crippen molar-refractivity contribution in [3.63, 3.8) is 0 Å². The highest BCUT2D eigenvalue weighted by Gasteiger charge is 2.36. The predicted octanol–water partition coefficient (Wildman–Crippen LogP) is 7.15. The molecule has 0 spiro atoms. The molecule has 0 atom stereocenters. The molecule has 3 heterocycles. The first-order valence-electron chi connectivity index (χ1n) is 12.1. The van der Waals surface area contributed by atoms with E-state index in [2.05, 4.69) is 4.90 Å². The lowest BCUT2D eigenvalue weighted by atomic mass is 10.2. The number of aromatic nitrogens is 1. The van der Waals surface area contributed by atoms with Crippen LogP contribution in [0.5, 0.6) is 0 Å². The number of amides is 2. The van der Waals surface area contributed by atoms with Gasteiger partial charge in [0.1, 0.15) is 5.69 Å². The van der Waals surface area contributed by atoms with Crippen LogP contribution < -0.4 is 4.90 Å². The largest absolute Gasteiger partial charge is 0.366 e. The van der Waals surface area contributed by atoms with Crippen molar-refractivity contribution in [1.29, 1.82) is 0 Å². The molecule has 0 N–H and O–H groups in total. The molecule has 11 heteroatoms. The van der Waals surface area contributed by atoms with Gasteiger partial charge in [-0.05, 0) is 80.4 Å². The van der Waals surface area contributed by atoms with Gasteiger partial charge in [-0.15, -0.1) is 0 Å². The van der Waals surface area contributed by atoms with Crippen LogP contribution in [0.4, 0.5) is 16.2 Å². The van der Waals surface area contributed by atoms with Crippen molar-refractivity contribution < 1.29 is 14.5 Å². The van der Waals surface area contributed by atoms with Crippen molar-refractivity contribution in [3.05, 3.63) is 90.0 Å². The summed E-state index contributed by atoms with van der Waals surface area (Å²) in [4.78, 5) is 40.9. The molecule has 0 saturated carbocycles. The van der Waals surface area contributed by atoms with Gasteiger partial charge in [0, 0.05) is 46.2 Å². The minimum atomic E-state index is -0.425. The quantitative estimate of drug-likeness (QED) is 0.177. The Balaban J connectivity index is 1.45. The van der Waals surface area contributed by atoms with Gasteiger partial charge in [-0.1, -0.05) is 29.3 Å². The second kappa shape index (κ2) is 10.5. The van der Waals surface area contributed by atoms with E-state index in [-0.39, 0.29) is 22.1 Å². The van der Waals surface area contributed by atoms with E-state index in [4.69, 9.17) is 23.2 Å². The van der Waals surface area contributed by atoms with E-state index in [1.807, 2.05) is 36.6 Å². The number of hydrogen-bond donors (Lipinski definition) is 0. The van der Waals surface area contributed by atoms with Gasteiger partial charge in [0.05, 0.1) is 22.1 Å². The van der Waals surface area contributed by atoms with Gasteiger partial charge in [-0.3, -0.25) is 24.6 Å². The summed E-state index contributed by atoms with van der Waals surface area (Å²) in [5.41, 5.74) is 4.26. The van der Waals surface area contributed by atoms with Crippen molar-refractivity contribution >= 4 is 63.6 Å². The maximum Gasteiger partial charge on any atom is 0.294 e. The molecular formula is C27H24Cl2N4O4S. The van der Waals surface area contributed by atoms with E-state index >= 15 is 0 Å². The third-order valence-electron chi connectivity index (χ3n) is 6.87. The van der Waals surface area contributed by atoms with Gasteiger partial charge in [0.25, 0.3) is 16.8 Å². The summed E-state index contributed by atoms with van der Waals surface area (Å²) >= 11 is 13.3. The zero-order valence-corrected chi connectivity index (χ0v) is 23.1. The number of nitrogens with zero attached hydrogens (tertiary/aromatic N) is 4. The van der Waals surface area contributed by atoms with Crippen LogP contribution in [0.25, 0.3) is 11.8 Å². The van der Waals surface area contributed by atoms with Crippen LogP contribution in [0.15, 0.2) is 47.4 Å². The molecule has 0 unspecified atom stereocenters. The Hall–Kier alpha value is -3.27. The summed E-state index contributed by atoms with van der Waals surface area (Å²) in [6.07, 6.45) is 3.73. The van der Waals surface area contributed by atoms with Gasteiger partial charge in [0.2, 0.25) is 0 Å². The highest BCUT2D eigenvalue weighted by Crippen LogP contribution is 2.38. The molecule has 2 saturated heterocycles. The Morgan fingerprint density at radius 1 is 1.05 bits per heavy atom. The topological polar surface area (TPSA) is 88.7 Å². The molecule has 2 aromatic carbocycles. The summed E-state index contributed by atoms with van der Waals surface area (Å²) in [6, 6.07) is 12.2. The van der Waals surface area contributed by atoms with E-state index in [9.17, 15) is 19.7 Å². The maximum absolute atomic E-state index is 13.1. The number of anilines is 1. The fraction of sp³-hybridized carbons (Fsp3) is 0.259. The highest BCUT2D eigenvalue weighted by atomic mass is 35.5. The number of nitro benzene ring substituents is 1. The lowest BCUT2D eigenvalue weighted by Crippen LogP contribution is -2.27. The van der Waals surface area contributed by atoms with Crippen LogP contribution in [0.3, 0.4) is 0 Å². The van der Waals surface area contributed by atoms with E-state index in [0.717, 1.165) is 59.5 Å². The van der Waals surface area contributed by atoms with Gasteiger partial charge >= 0.3 is 0 Å². The molecular weight excluding hydrogens is 547 g/mol. The third kappa shape index (κ3) is 4.81. The average Bonchev–Trinajstić information content (AvgIpc) is 3.57. The number of aryl methyl sites for hydroxylation is 1. The molecule has 8 nitrogen and oxygen atoms in total. The summed E-state index contributed by atoms with van der Waals surface area (Å²) in [7, 11) is 0. The highest BCUT2D eigenvalue weighted by molar-refractivity contribution is 8.18. The van der Waals surface area contributed by atoms with Crippen LogP contribution in [-0.2, 0) is 11.3 Å². The molecule has 2 aliphatic rings. The number of hydrogen-bond acceptors (Lipinski definition) is 6. The second-order valence-electron chi connectivity index (χ2n) is 9.25. The standard InChI is InChI=1S/C27H24Cl2N4O4S/c1-16-12-18(13-25-26(34)31(27(35)38-25)15-20-21(28)6-5-7-22(20)29)17(2)32(16)19-8-9-23(24(14-19)33(36)37)30-10-3-4-11-30/h5-9,12-14H,3-4,10-11,15H2,1-2H3/b25-13-. The van der Waals surface area contributed by atoms with Crippen LogP contribution >= 0.6 is 35.0 Å². The lowest BCUT2D eigenvalue weighted by molar-refractivity contribution is -0.384. The number of benzene rings is 2. The summed E-state index contributed by atoms with van der Waals surface area (Å²) in [5.74, 6) is -0.425. The third-order valence-corrected chi connectivity index (χ3v) is 8.48. The van der Waals surface area contributed by atoms with Crippen molar-refractivity contribution in [3.8, 4) is 5.69 Å². The molecule has 2 fully saturated rings. The molecule has 196 valence electrons. The fourth-order valence-corrected chi connectivity index (χ4v) is 6.32. The summed E-state index contributed by atoms with van der Waals surface area (Å²) in [5, 5.41) is 12.3. The molecule has 5 rings (SSSR count). The van der Waals surface area contributed by atoms with Crippen LogP contribution in [-0.4, -0.2) is 38.6 Å². The summed E-state index contributed by atoms with van der Waals surface area (Å²) in [6.45, 7) is 5.38. The molecule has 3 aromatic rings. The van der Waals surface area contributed by atoms with Crippen molar-refractivity contribution in [2.45, 2.75) is 33.2 Å². The number of halogens is 2. The second-order valence-corrected chi connectivity index (χ2v) is 11.1. The minimum Gasteiger partial charge on any atom is -0.366 e. The van der Waals surface area contributed by atoms with Crippen molar-refractivity contribution in [2.75, 3.05) is 18.0 Å². The number of thioether (sulfide) groups is 1. The lowest BCUT2D eigenvalue weighted by Gasteiger charge is -2.19. The average molecular weight is 571 g/mol. The minimum absolute atomic E-state index is 0.0213. The molecule has 38 heavy (non-hydrogen) atoms. The Kier molecular flexibility index (Phi) is 7.26. The van der Waals surface area contributed by atoms with Crippen molar-refractivity contribution in [2.24, 2.45) is 0 Å². The summed E-state index contributed by atoms with van der Waals surface area (Å²) < 4.78 is 1.92. The zero-order valence-electron chi connectivity index (χ0n) is 20.7. The smallest absolute Gasteiger partial charge is 0.294 e. The van der Waals surface area contributed by atoms with E-state index in [0.29, 0.717) is 27.0 Å². The van der Waals surface area contributed by atoms with Gasteiger partial charge < -0.3 is 9.47 Å². The van der Waals surface area contributed by atoms with Crippen molar-refractivity contribution in [1.82, 2.24) is 9.47 Å². The van der Waals surface area contributed by atoms with Crippen LogP contribution in [0.2, 0.25) is 10.0 Å². The van der Waals surface area contributed by atoms with E-state index < -0.39 is 11.1 Å². The molecule has 0 bridgehead atoms. The Bertz CT molecular complexity index is 1490. The SMILES string of the molecule is Cc1cc(/C=C2\SC(=O)N(Cc3c(Cl)cccc3Cl)C2=O)c(C)n1-c1ccc(N2CCCC2)c([N+](=O)[O-])c1. The van der Waals surface area contributed by atoms with E-state index in [1.54, 1.807) is 30.3 Å². The molecule has 2 aliphatic heterocycles. The normalized spacial score (nSPS) is 16.8. The Labute approximate surface area is 234 Å². The van der Waals surface area contributed by atoms with Gasteiger partial charge in [-0.25, -0.2) is 0 Å². The van der Waals surface area contributed by atoms with Crippen LogP contribution in [0.1, 0.15) is 35.4 Å². The number of carbonyl (C=O) groups is 2. The zero-order chi connectivity index (χ0) is 27.1. The molecule has 2 amide bonds. The first kappa shape index (κ1) is 26.3. The Morgan fingerprint density at radius 2 is 1.74 bits per heavy atom. The Morgan fingerprint density at radius 3 is 2.39 bits per heavy atom. The molecule has 1 aromatic heterocycles. The fourth-order valence-electron chi connectivity index (χ4n) is 4.97. The number of rotatable bonds is 6. The maximum atomic E-state index is 13.1. The number of carbonyl (C=O) groups excluding carboxylic acids is 2. The predicted molar refractivity (Wildman–Crippen MR) is 151 cm³/mol. The van der Waals surface area contributed by atoms with E-state index in [1.165, 1.54) is 0 Å². The monoisotopic (exact) mass is 570 g/mol. The van der Waals surface area contributed by atoms with Crippen LogP contribution in [0, 0.1) is 24.0 Å². The first-order chi connectivity index (χ1) is 18.2. The molecule has 0 aliphatic carbocycles.